The molecule has 1 heterocycles. The number of hydrogen-bond acceptors (Lipinski definition) is 6. The Morgan fingerprint density at radius 1 is 1.09 bits per heavy atom. The first kappa shape index (κ1) is 25.6. The summed E-state index contributed by atoms with van der Waals surface area (Å²) in [5.41, 5.74) is 1.01. The summed E-state index contributed by atoms with van der Waals surface area (Å²) < 4.78 is 37.3. The molecule has 2 aromatic rings. The van der Waals surface area contributed by atoms with Crippen molar-refractivity contribution in [2.24, 2.45) is 0 Å². The molecule has 1 aliphatic heterocycles. The van der Waals surface area contributed by atoms with E-state index in [2.05, 4.69) is 5.32 Å². The second kappa shape index (κ2) is 11.0. The Morgan fingerprint density at radius 3 is 2.35 bits per heavy atom. The third-order valence-electron chi connectivity index (χ3n) is 5.28. The summed E-state index contributed by atoms with van der Waals surface area (Å²) in [6.45, 7) is 4.14. The lowest BCUT2D eigenvalue weighted by atomic mass is 10.1. The van der Waals surface area contributed by atoms with Gasteiger partial charge in [0.1, 0.15) is 25.8 Å². The largest absolute Gasteiger partial charge is 0.486 e. The van der Waals surface area contributed by atoms with Gasteiger partial charge in [0.25, 0.3) is 0 Å². The Kier molecular flexibility index (Phi) is 8.27. The van der Waals surface area contributed by atoms with Crippen molar-refractivity contribution in [1.29, 1.82) is 0 Å². The second-order valence-corrected chi connectivity index (χ2v) is 10.2. The van der Waals surface area contributed by atoms with Crippen molar-refractivity contribution in [3.05, 3.63) is 53.1 Å². The van der Waals surface area contributed by atoms with Crippen LogP contribution in [-0.4, -0.2) is 63.7 Å². The summed E-state index contributed by atoms with van der Waals surface area (Å²) in [7, 11) is -3.84. The van der Waals surface area contributed by atoms with E-state index in [9.17, 15) is 18.0 Å². The number of benzene rings is 2. The van der Waals surface area contributed by atoms with Crippen LogP contribution in [-0.2, 0) is 26.2 Å². The van der Waals surface area contributed by atoms with Crippen molar-refractivity contribution in [1.82, 2.24) is 10.2 Å². The Hall–Kier alpha value is -2.98. The molecule has 0 radical (unpaired) electrons. The van der Waals surface area contributed by atoms with Gasteiger partial charge in [-0.3, -0.25) is 13.9 Å². The zero-order valence-corrected chi connectivity index (χ0v) is 20.9. The monoisotopic (exact) mass is 509 g/mol. The Labute approximate surface area is 204 Å². The molecule has 0 saturated heterocycles. The van der Waals surface area contributed by atoms with E-state index in [1.807, 2.05) is 0 Å². The topological polar surface area (TPSA) is 105 Å². The zero-order valence-electron chi connectivity index (χ0n) is 19.3. The minimum absolute atomic E-state index is 0.104. The maximum absolute atomic E-state index is 13.4. The number of likely N-dealkylation sites (N-methyl/N-ethyl adjacent to an activating group) is 1. The van der Waals surface area contributed by atoms with Crippen LogP contribution in [0.25, 0.3) is 0 Å². The van der Waals surface area contributed by atoms with Crippen LogP contribution in [0.2, 0.25) is 5.02 Å². The van der Waals surface area contributed by atoms with Crippen molar-refractivity contribution in [2.45, 2.75) is 26.4 Å². The van der Waals surface area contributed by atoms with Gasteiger partial charge in [-0.2, -0.15) is 0 Å². The lowest BCUT2D eigenvalue weighted by Gasteiger charge is -2.31. The van der Waals surface area contributed by atoms with E-state index in [4.69, 9.17) is 21.1 Å². The standard InChI is InChI=1S/C23H28ClN3O6S/c1-4-25-23(29)16(2)26(14-17-5-7-18(24)8-6-17)22(28)15-27(34(3,30)31)19-9-10-20-21(13-19)33-12-11-32-20/h5-10,13,16H,4,11-12,14-15H2,1-3H3,(H,25,29). The first-order chi connectivity index (χ1) is 16.1. The van der Waals surface area contributed by atoms with E-state index in [1.165, 1.54) is 11.0 Å². The number of anilines is 1. The van der Waals surface area contributed by atoms with Crippen molar-refractivity contribution in [3.8, 4) is 11.5 Å². The van der Waals surface area contributed by atoms with Gasteiger partial charge in [-0.15, -0.1) is 0 Å². The molecule has 2 aromatic carbocycles. The Morgan fingerprint density at radius 2 is 1.74 bits per heavy atom. The van der Waals surface area contributed by atoms with E-state index < -0.39 is 28.5 Å². The number of carbonyl (C=O) groups is 2. The normalized spacial score (nSPS) is 13.6. The van der Waals surface area contributed by atoms with Gasteiger partial charge in [-0.1, -0.05) is 23.7 Å². The molecule has 2 amide bonds. The van der Waals surface area contributed by atoms with Gasteiger partial charge in [0.2, 0.25) is 21.8 Å². The number of halogens is 1. The molecular formula is C23H28ClN3O6S. The number of sulfonamides is 1. The van der Waals surface area contributed by atoms with Crippen LogP contribution in [0, 0.1) is 0 Å². The minimum Gasteiger partial charge on any atom is -0.486 e. The molecule has 184 valence electrons. The number of fused-ring (bicyclic) bond motifs is 1. The summed E-state index contributed by atoms with van der Waals surface area (Å²) in [6, 6.07) is 10.7. The molecule has 11 heteroatoms. The van der Waals surface area contributed by atoms with Crippen molar-refractivity contribution in [3.63, 3.8) is 0 Å². The van der Waals surface area contributed by atoms with Crippen LogP contribution >= 0.6 is 11.6 Å². The van der Waals surface area contributed by atoms with Crippen molar-refractivity contribution in [2.75, 3.05) is 36.9 Å². The van der Waals surface area contributed by atoms with Gasteiger partial charge in [-0.05, 0) is 43.7 Å². The Bertz CT molecular complexity index is 1140. The quantitative estimate of drug-likeness (QED) is 0.556. The predicted octanol–water partition coefficient (Wildman–Crippen LogP) is 2.43. The van der Waals surface area contributed by atoms with Crippen LogP contribution in [0.4, 0.5) is 5.69 Å². The van der Waals surface area contributed by atoms with Gasteiger partial charge >= 0.3 is 0 Å². The van der Waals surface area contributed by atoms with E-state index in [0.29, 0.717) is 36.3 Å². The Balaban J connectivity index is 1.91. The molecule has 0 fully saturated rings. The van der Waals surface area contributed by atoms with Crippen molar-refractivity contribution < 1.29 is 27.5 Å². The smallest absolute Gasteiger partial charge is 0.244 e. The molecule has 1 atom stereocenters. The number of hydrogen-bond donors (Lipinski definition) is 1. The molecule has 34 heavy (non-hydrogen) atoms. The number of ether oxygens (including phenoxy) is 2. The first-order valence-electron chi connectivity index (χ1n) is 10.8. The van der Waals surface area contributed by atoms with Gasteiger partial charge < -0.3 is 19.7 Å². The molecule has 0 aromatic heterocycles. The molecule has 1 aliphatic rings. The van der Waals surface area contributed by atoms with Crippen LogP contribution < -0.4 is 19.1 Å². The average Bonchev–Trinajstić information content (AvgIpc) is 2.80. The molecule has 9 nitrogen and oxygen atoms in total. The highest BCUT2D eigenvalue weighted by atomic mass is 35.5. The minimum atomic E-state index is -3.84. The van der Waals surface area contributed by atoms with E-state index in [1.54, 1.807) is 50.2 Å². The number of nitrogens with zero attached hydrogens (tertiary/aromatic N) is 2. The molecule has 0 spiro atoms. The lowest BCUT2D eigenvalue weighted by Crippen LogP contribution is -2.51. The van der Waals surface area contributed by atoms with E-state index in [0.717, 1.165) is 16.1 Å². The molecule has 0 saturated carbocycles. The highest BCUT2D eigenvalue weighted by Gasteiger charge is 2.30. The number of carbonyl (C=O) groups excluding carboxylic acids is 2. The van der Waals surface area contributed by atoms with Gasteiger partial charge in [0.15, 0.2) is 11.5 Å². The third-order valence-corrected chi connectivity index (χ3v) is 6.67. The summed E-state index contributed by atoms with van der Waals surface area (Å²) in [6.07, 6.45) is 1.02. The fourth-order valence-corrected chi connectivity index (χ4v) is 4.46. The molecule has 0 bridgehead atoms. The lowest BCUT2D eigenvalue weighted by molar-refractivity contribution is -0.139. The van der Waals surface area contributed by atoms with Crippen molar-refractivity contribution >= 4 is 39.1 Å². The number of amides is 2. The van der Waals surface area contributed by atoms with Crippen LogP contribution in [0.5, 0.6) is 11.5 Å². The molecule has 1 N–H and O–H groups in total. The predicted molar refractivity (Wildman–Crippen MR) is 130 cm³/mol. The number of nitrogens with one attached hydrogen (secondary N) is 1. The van der Waals surface area contributed by atoms with E-state index in [-0.39, 0.29) is 18.1 Å². The summed E-state index contributed by atoms with van der Waals surface area (Å²) >= 11 is 5.97. The zero-order chi connectivity index (χ0) is 24.9. The average molecular weight is 510 g/mol. The maximum Gasteiger partial charge on any atom is 0.244 e. The maximum atomic E-state index is 13.4. The molecule has 1 unspecified atom stereocenters. The summed E-state index contributed by atoms with van der Waals surface area (Å²) in [5.74, 6) is 0.0339. The van der Waals surface area contributed by atoms with Crippen LogP contribution in [0.3, 0.4) is 0 Å². The summed E-state index contributed by atoms with van der Waals surface area (Å²) in [5, 5.41) is 3.25. The molecular weight excluding hydrogens is 482 g/mol. The fraction of sp³-hybridized carbons (Fsp3) is 0.391. The van der Waals surface area contributed by atoms with Gasteiger partial charge in [0.05, 0.1) is 11.9 Å². The van der Waals surface area contributed by atoms with Gasteiger partial charge in [-0.25, -0.2) is 8.42 Å². The number of rotatable bonds is 9. The van der Waals surface area contributed by atoms with E-state index >= 15 is 0 Å². The first-order valence-corrected chi connectivity index (χ1v) is 13.0. The third kappa shape index (κ3) is 6.32. The second-order valence-electron chi connectivity index (χ2n) is 7.82. The molecule has 3 rings (SSSR count). The fourth-order valence-electron chi connectivity index (χ4n) is 3.49. The SMILES string of the molecule is CCNC(=O)C(C)N(Cc1ccc(Cl)cc1)C(=O)CN(c1ccc2c(c1)OCCO2)S(C)(=O)=O. The van der Waals surface area contributed by atoms with Crippen LogP contribution in [0.1, 0.15) is 19.4 Å². The highest BCUT2D eigenvalue weighted by Crippen LogP contribution is 2.34. The molecule has 0 aliphatic carbocycles. The van der Waals surface area contributed by atoms with Gasteiger partial charge in [0, 0.05) is 24.2 Å². The summed E-state index contributed by atoms with van der Waals surface area (Å²) in [4.78, 5) is 27.4. The highest BCUT2D eigenvalue weighted by molar-refractivity contribution is 7.92. The van der Waals surface area contributed by atoms with Crippen LogP contribution in [0.15, 0.2) is 42.5 Å².